The first-order valence-electron chi connectivity index (χ1n) is 4.95. The molecule has 0 saturated heterocycles. The van der Waals surface area contributed by atoms with Gasteiger partial charge in [0.1, 0.15) is 0 Å². The van der Waals surface area contributed by atoms with Gasteiger partial charge in [-0.15, -0.1) is 0 Å². The third-order valence-corrected chi connectivity index (χ3v) is 2.46. The lowest BCUT2D eigenvalue weighted by Crippen LogP contribution is -2.41. The first kappa shape index (κ1) is 9.30. The smallest absolute Gasteiger partial charge is 0.302 e. The summed E-state index contributed by atoms with van der Waals surface area (Å²) in [5.41, 5.74) is 0. The van der Waals surface area contributed by atoms with Crippen molar-refractivity contribution in [1.29, 1.82) is 0 Å². The molecule has 2 aromatic rings. The van der Waals surface area contributed by atoms with Crippen molar-refractivity contribution in [3.8, 4) is 11.5 Å². The summed E-state index contributed by atoms with van der Waals surface area (Å²) < 4.78 is 16.1. The zero-order valence-electron chi connectivity index (χ0n) is 8.42. The number of hydrogen-bond donors (Lipinski definition) is 1. The lowest BCUT2D eigenvalue weighted by molar-refractivity contribution is -0.194. The fourth-order valence-electron chi connectivity index (χ4n) is 1.66. The minimum atomic E-state index is -1.54. The number of hydrogen-bond acceptors (Lipinski definition) is 4. The fourth-order valence-corrected chi connectivity index (χ4v) is 1.66. The Morgan fingerprint density at radius 1 is 1.06 bits per heavy atom. The third-order valence-electron chi connectivity index (χ3n) is 2.46. The molecule has 82 valence electrons. The molecule has 0 saturated carbocycles. The van der Waals surface area contributed by atoms with Crippen LogP contribution in [0.15, 0.2) is 47.1 Å². The molecule has 0 spiro atoms. The number of benzene rings is 1. The van der Waals surface area contributed by atoms with E-state index in [1.807, 2.05) is 12.1 Å². The predicted octanol–water partition coefficient (Wildman–Crippen LogP) is 1.90. The third kappa shape index (κ3) is 1.35. The highest BCUT2D eigenvalue weighted by atomic mass is 16.7. The van der Waals surface area contributed by atoms with E-state index in [-0.39, 0.29) is 6.61 Å². The Balaban J connectivity index is 1.98. The zero-order chi connectivity index (χ0) is 11.0. The summed E-state index contributed by atoms with van der Waals surface area (Å²) in [6.45, 7) is 0.0114. The minimum absolute atomic E-state index is 0.0114. The molecule has 16 heavy (non-hydrogen) atoms. The molecule has 1 N–H and O–H groups in total. The maximum Gasteiger partial charge on any atom is 0.302 e. The molecule has 4 nitrogen and oxygen atoms in total. The van der Waals surface area contributed by atoms with Gasteiger partial charge in [0.05, 0.1) is 6.26 Å². The van der Waals surface area contributed by atoms with Crippen molar-refractivity contribution in [2.45, 2.75) is 5.79 Å². The second-order valence-electron chi connectivity index (χ2n) is 3.60. The normalized spacial score (nSPS) is 23.1. The van der Waals surface area contributed by atoms with Crippen molar-refractivity contribution < 1.29 is 19.0 Å². The van der Waals surface area contributed by atoms with Crippen LogP contribution < -0.4 is 9.47 Å². The SMILES string of the molecule is OC1(c2ccco2)COc2ccccc2O1. The van der Waals surface area contributed by atoms with Crippen LogP contribution >= 0.6 is 0 Å². The van der Waals surface area contributed by atoms with Crippen LogP contribution in [0.5, 0.6) is 11.5 Å². The van der Waals surface area contributed by atoms with Gasteiger partial charge in [-0.25, -0.2) is 0 Å². The van der Waals surface area contributed by atoms with E-state index in [2.05, 4.69) is 0 Å². The van der Waals surface area contributed by atoms with E-state index < -0.39 is 5.79 Å². The van der Waals surface area contributed by atoms with Crippen LogP contribution in [0.1, 0.15) is 5.76 Å². The molecule has 3 rings (SSSR count). The second kappa shape index (κ2) is 3.28. The number of fused-ring (bicyclic) bond motifs is 1. The molecule has 1 aromatic carbocycles. The highest BCUT2D eigenvalue weighted by Crippen LogP contribution is 2.38. The van der Waals surface area contributed by atoms with Gasteiger partial charge in [-0.1, -0.05) is 12.1 Å². The minimum Gasteiger partial charge on any atom is -0.482 e. The van der Waals surface area contributed by atoms with Crippen LogP contribution in [-0.4, -0.2) is 11.7 Å². The van der Waals surface area contributed by atoms with Crippen LogP contribution in [-0.2, 0) is 5.79 Å². The van der Waals surface area contributed by atoms with Crippen LogP contribution in [0.3, 0.4) is 0 Å². The predicted molar refractivity (Wildman–Crippen MR) is 55.2 cm³/mol. The summed E-state index contributed by atoms with van der Waals surface area (Å²) in [5.74, 6) is -0.0777. The van der Waals surface area contributed by atoms with E-state index in [4.69, 9.17) is 13.9 Å². The van der Waals surface area contributed by atoms with E-state index in [9.17, 15) is 5.11 Å². The molecule has 2 heterocycles. The van der Waals surface area contributed by atoms with E-state index in [0.29, 0.717) is 17.3 Å². The molecule has 4 heteroatoms. The lowest BCUT2D eigenvalue weighted by Gasteiger charge is -2.32. The highest BCUT2D eigenvalue weighted by Gasteiger charge is 2.40. The van der Waals surface area contributed by atoms with Gasteiger partial charge in [0, 0.05) is 0 Å². The molecule has 1 aliphatic heterocycles. The number of ether oxygens (including phenoxy) is 2. The van der Waals surface area contributed by atoms with Crippen LogP contribution in [0.2, 0.25) is 0 Å². The summed E-state index contributed by atoms with van der Waals surface area (Å²) in [6, 6.07) is 10.5. The molecule has 0 fully saturated rings. The molecule has 0 aliphatic carbocycles. The van der Waals surface area contributed by atoms with Crippen LogP contribution in [0.25, 0.3) is 0 Å². The molecular formula is C12H10O4. The summed E-state index contributed by atoms with van der Waals surface area (Å²) in [7, 11) is 0. The molecule has 0 radical (unpaired) electrons. The van der Waals surface area contributed by atoms with E-state index in [1.165, 1.54) is 6.26 Å². The lowest BCUT2D eigenvalue weighted by atomic mass is 10.2. The maximum absolute atomic E-state index is 10.2. The van der Waals surface area contributed by atoms with Gasteiger partial charge in [-0.05, 0) is 24.3 Å². The van der Waals surface area contributed by atoms with Crippen molar-refractivity contribution in [3.63, 3.8) is 0 Å². The molecule has 0 bridgehead atoms. The maximum atomic E-state index is 10.2. The Morgan fingerprint density at radius 3 is 2.62 bits per heavy atom. The zero-order valence-corrected chi connectivity index (χ0v) is 8.42. The highest BCUT2D eigenvalue weighted by molar-refractivity contribution is 5.41. The monoisotopic (exact) mass is 218 g/mol. The van der Waals surface area contributed by atoms with Crippen molar-refractivity contribution in [2.24, 2.45) is 0 Å². The Labute approximate surface area is 92.0 Å². The Hall–Kier alpha value is -1.94. The van der Waals surface area contributed by atoms with Crippen molar-refractivity contribution in [1.82, 2.24) is 0 Å². The Bertz CT molecular complexity index is 491. The van der Waals surface area contributed by atoms with E-state index >= 15 is 0 Å². The average molecular weight is 218 g/mol. The molecule has 0 amide bonds. The Morgan fingerprint density at radius 2 is 1.88 bits per heavy atom. The summed E-state index contributed by atoms with van der Waals surface area (Å²) in [5, 5.41) is 10.2. The molecule has 1 unspecified atom stereocenters. The van der Waals surface area contributed by atoms with Gasteiger partial charge in [-0.3, -0.25) is 0 Å². The van der Waals surface area contributed by atoms with Gasteiger partial charge in [-0.2, -0.15) is 0 Å². The summed E-state index contributed by atoms with van der Waals surface area (Å²) in [4.78, 5) is 0. The number of para-hydroxylation sites is 2. The number of furan rings is 1. The summed E-state index contributed by atoms with van der Waals surface area (Å²) >= 11 is 0. The van der Waals surface area contributed by atoms with Gasteiger partial charge in [0.25, 0.3) is 0 Å². The van der Waals surface area contributed by atoms with Gasteiger partial charge in [0.15, 0.2) is 23.9 Å². The van der Waals surface area contributed by atoms with Gasteiger partial charge < -0.3 is 19.0 Å². The van der Waals surface area contributed by atoms with E-state index in [1.54, 1.807) is 24.3 Å². The van der Waals surface area contributed by atoms with Gasteiger partial charge in [0.2, 0.25) is 0 Å². The van der Waals surface area contributed by atoms with Gasteiger partial charge >= 0.3 is 5.79 Å². The molecular weight excluding hydrogens is 208 g/mol. The van der Waals surface area contributed by atoms with E-state index in [0.717, 1.165) is 0 Å². The molecule has 1 atom stereocenters. The van der Waals surface area contributed by atoms with Crippen LogP contribution in [0.4, 0.5) is 0 Å². The topological polar surface area (TPSA) is 51.8 Å². The average Bonchev–Trinajstić information content (AvgIpc) is 2.83. The van der Waals surface area contributed by atoms with Crippen molar-refractivity contribution >= 4 is 0 Å². The molecule has 1 aromatic heterocycles. The largest absolute Gasteiger partial charge is 0.482 e. The first-order chi connectivity index (χ1) is 7.78. The van der Waals surface area contributed by atoms with Crippen LogP contribution in [0, 0.1) is 0 Å². The second-order valence-corrected chi connectivity index (χ2v) is 3.60. The van der Waals surface area contributed by atoms with Crippen molar-refractivity contribution in [2.75, 3.05) is 6.61 Å². The standard InChI is InChI=1S/C12H10O4/c13-12(11-6-3-7-14-11)8-15-9-4-1-2-5-10(9)16-12/h1-7,13H,8H2. The van der Waals surface area contributed by atoms with Crippen molar-refractivity contribution in [3.05, 3.63) is 48.4 Å². The fraction of sp³-hybridized carbons (Fsp3) is 0.167. The summed E-state index contributed by atoms with van der Waals surface area (Å²) in [6.07, 6.45) is 1.48. The Kier molecular flexibility index (Phi) is 1.91. The number of aliphatic hydroxyl groups is 1. The quantitative estimate of drug-likeness (QED) is 0.794. The first-order valence-corrected chi connectivity index (χ1v) is 4.95. The molecule has 1 aliphatic rings. The number of rotatable bonds is 1.